The number of carboxylic acid groups (broad SMARTS) is 1. The Bertz CT molecular complexity index is 1400. The van der Waals surface area contributed by atoms with Crippen molar-refractivity contribution in [3.8, 4) is 0 Å². The molecule has 0 aliphatic rings. The van der Waals surface area contributed by atoms with Crippen LogP contribution in [-0.4, -0.2) is 23.1 Å². The highest BCUT2D eigenvalue weighted by atomic mass is 35.5. The number of aromatic carboxylic acids is 1. The van der Waals surface area contributed by atoms with Gasteiger partial charge in [0.2, 0.25) is 0 Å². The van der Waals surface area contributed by atoms with Crippen LogP contribution in [0.4, 0.5) is 21.0 Å². The van der Waals surface area contributed by atoms with Gasteiger partial charge in [-0.3, -0.25) is 0 Å². The zero-order valence-electron chi connectivity index (χ0n) is 20.1. The number of carbonyl (C=O) groups excluding carboxylic acids is 2. The molecule has 0 spiro atoms. The first-order valence-corrected chi connectivity index (χ1v) is 12.1. The Morgan fingerprint density at radius 1 is 0.605 bits per heavy atom. The summed E-state index contributed by atoms with van der Waals surface area (Å²) in [5.41, 5.74) is 2.44. The van der Waals surface area contributed by atoms with E-state index in [2.05, 4.69) is 21.3 Å². The highest BCUT2D eigenvalue weighted by Crippen LogP contribution is 2.29. The fourth-order valence-corrected chi connectivity index (χ4v) is 4.05. The normalized spacial score (nSPS) is 12.0. The topological polar surface area (TPSA) is 120 Å². The van der Waals surface area contributed by atoms with Crippen molar-refractivity contribution < 1.29 is 19.5 Å². The summed E-state index contributed by atoms with van der Waals surface area (Å²) in [5, 5.41) is 21.2. The van der Waals surface area contributed by atoms with Crippen molar-refractivity contribution in [3.63, 3.8) is 0 Å². The minimum Gasteiger partial charge on any atom is -0.478 e. The third-order valence-corrected chi connectivity index (χ3v) is 5.95. The number of benzene rings is 4. The Morgan fingerprint density at radius 2 is 1.11 bits per heavy atom. The number of hydrogen-bond acceptors (Lipinski definition) is 3. The second kappa shape index (κ2) is 12.4. The molecule has 2 atom stereocenters. The van der Waals surface area contributed by atoms with Gasteiger partial charge in [-0.05, 0) is 53.6 Å². The zero-order chi connectivity index (χ0) is 26.9. The van der Waals surface area contributed by atoms with E-state index in [4.69, 9.17) is 11.6 Å². The van der Waals surface area contributed by atoms with Gasteiger partial charge >= 0.3 is 18.0 Å². The van der Waals surface area contributed by atoms with Crippen LogP contribution >= 0.6 is 11.6 Å². The van der Waals surface area contributed by atoms with Crippen molar-refractivity contribution in [3.05, 3.63) is 131 Å². The number of anilines is 2. The molecule has 0 saturated heterocycles. The van der Waals surface area contributed by atoms with Gasteiger partial charge in [-0.25, -0.2) is 14.4 Å². The van der Waals surface area contributed by atoms with Crippen LogP contribution < -0.4 is 21.3 Å². The number of hydrogen-bond donors (Lipinski definition) is 5. The Balaban J connectivity index is 1.61. The Hall–Kier alpha value is -4.82. The summed E-state index contributed by atoms with van der Waals surface area (Å²) >= 11 is 5.95. The van der Waals surface area contributed by atoms with Crippen molar-refractivity contribution in [2.24, 2.45) is 0 Å². The molecule has 38 heavy (non-hydrogen) atoms. The molecule has 0 aliphatic heterocycles. The predicted octanol–water partition coefficient (Wildman–Crippen LogP) is 6.46. The number of rotatable bonds is 8. The van der Waals surface area contributed by atoms with Gasteiger partial charge < -0.3 is 26.4 Å². The second-order valence-corrected chi connectivity index (χ2v) is 8.80. The van der Waals surface area contributed by atoms with Crippen LogP contribution in [0.25, 0.3) is 0 Å². The molecular weight excluding hydrogens is 504 g/mol. The van der Waals surface area contributed by atoms with E-state index in [1.807, 2.05) is 60.7 Å². The highest BCUT2D eigenvalue weighted by molar-refractivity contribution is 6.30. The van der Waals surface area contributed by atoms with Gasteiger partial charge in [0.05, 0.1) is 17.6 Å². The molecule has 0 saturated carbocycles. The standard InChI is InChI=1S/C29H25ClN4O4/c30-22-14-16-23(17-15-22)31-28(37)33-25(19-8-3-1-4-9-19)26(20-10-5-2-6-11-20)34-29(38)32-24-13-7-12-21(18-24)27(35)36/h1-18,25-26H,(H,35,36)(H2,31,33,37)(H2,32,34,38)/t25-,26-/m0/s1. The molecule has 4 aromatic carbocycles. The van der Waals surface area contributed by atoms with Crippen molar-refractivity contribution >= 4 is 41.0 Å². The Kier molecular flexibility index (Phi) is 8.58. The van der Waals surface area contributed by atoms with Crippen LogP contribution in [0.3, 0.4) is 0 Å². The molecular formula is C29H25ClN4O4. The molecule has 0 heterocycles. The molecule has 0 aliphatic carbocycles. The van der Waals surface area contributed by atoms with Gasteiger partial charge in [0.25, 0.3) is 0 Å². The number of amides is 4. The van der Waals surface area contributed by atoms with Crippen LogP contribution in [0, 0.1) is 0 Å². The highest BCUT2D eigenvalue weighted by Gasteiger charge is 2.28. The average molecular weight is 529 g/mol. The van der Waals surface area contributed by atoms with Crippen LogP contribution in [0.15, 0.2) is 109 Å². The summed E-state index contributed by atoms with van der Waals surface area (Å²) in [6.45, 7) is 0. The van der Waals surface area contributed by atoms with Gasteiger partial charge in [0.15, 0.2) is 0 Å². The monoisotopic (exact) mass is 528 g/mol. The lowest BCUT2D eigenvalue weighted by Crippen LogP contribution is -2.43. The largest absolute Gasteiger partial charge is 0.478 e. The zero-order valence-corrected chi connectivity index (χ0v) is 20.9. The maximum absolute atomic E-state index is 13.1. The first-order valence-electron chi connectivity index (χ1n) is 11.7. The van der Waals surface area contributed by atoms with E-state index in [-0.39, 0.29) is 5.56 Å². The Morgan fingerprint density at radius 3 is 1.61 bits per heavy atom. The molecule has 4 rings (SSSR count). The van der Waals surface area contributed by atoms with E-state index in [9.17, 15) is 19.5 Å². The molecule has 0 fully saturated rings. The molecule has 0 bridgehead atoms. The number of carbonyl (C=O) groups is 3. The van der Waals surface area contributed by atoms with Crippen LogP contribution in [-0.2, 0) is 0 Å². The lowest BCUT2D eigenvalue weighted by Gasteiger charge is -2.30. The molecule has 0 aromatic heterocycles. The maximum atomic E-state index is 13.1. The van der Waals surface area contributed by atoms with Gasteiger partial charge in [-0.1, -0.05) is 78.3 Å². The molecule has 5 N–H and O–H groups in total. The minimum atomic E-state index is -1.10. The quantitative estimate of drug-likeness (QED) is 0.180. The lowest BCUT2D eigenvalue weighted by molar-refractivity contribution is 0.0697. The maximum Gasteiger partial charge on any atom is 0.335 e. The molecule has 4 aromatic rings. The first kappa shape index (κ1) is 26.2. The Labute approximate surface area is 224 Å². The van der Waals surface area contributed by atoms with Crippen molar-refractivity contribution in [2.75, 3.05) is 10.6 Å². The van der Waals surface area contributed by atoms with E-state index < -0.39 is 30.1 Å². The van der Waals surface area contributed by atoms with Crippen molar-refractivity contribution in [1.82, 2.24) is 10.6 Å². The first-order chi connectivity index (χ1) is 18.4. The van der Waals surface area contributed by atoms with E-state index in [0.29, 0.717) is 16.4 Å². The molecule has 4 amide bonds. The van der Waals surface area contributed by atoms with Gasteiger partial charge in [-0.2, -0.15) is 0 Å². The summed E-state index contributed by atoms with van der Waals surface area (Å²) in [5.74, 6) is -1.10. The molecule has 0 unspecified atom stereocenters. The van der Waals surface area contributed by atoms with E-state index in [1.54, 1.807) is 36.4 Å². The fourth-order valence-electron chi connectivity index (χ4n) is 3.92. The number of urea groups is 2. The number of halogens is 1. The summed E-state index contributed by atoms with van der Waals surface area (Å²) in [7, 11) is 0. The summed E-state index contributed by atoms with van der Waals surface area (Å²) in [6.07, 6.45) is 0. The summed E-state index contributed by atoms with van der Waals surface area (Å²) in [4.78, 5) is 37.5. The smallest absolute Gasteiger partial charge is 0.335 e. The van der Waals surface area contributed by atoms with Crippen molar-refractivity contribution in [1.29, 1.82) is 0 Å². The molecule has 192 valence electrons. The van der Waals surface area contributed by atoms with Crippen LogP contribution in [0.5, 0.6) is 0 Å². The van der Waals surface area contributed by atoms with Crippen LogP contribution in [0.1, 0.15) is 33.6 Å². The lowest BCUT2D eigenvalue weighted by atomic mass is 9.93. The van der Waals surface area contributed by atoms with E-state index >= 15 is 0 Å². The van der Waals surface area contributed by atoms with Crippen LogP contribution in [0.2, 0.25) is 5.02 Å². The summed E-state index contributed by atoms with van der Waals surface area (Å²) in [6, 6.07) is 28.8. The van der Waals surface area contributed by atoms with Gasteiger partial charge in [0, 0.05) is 16.4 Å². The third kappa shape index (κ3) is 7.11. The van der Waals surface area contributed by atoms with Gasteiger partial charge in [-0.15, -0.1) is 0 Å². The SMILES string of the molecule is O=C(Nc1ccc(Cl)cc1)N[C@@H](c1ccccc1)[C@@H](NC(=O)Nc1cccc(C(=O)O)c1)c1ccccc1. The van der Waals surface area contributed by atoms with Crippen molar-refractivity contribution in [2.45, 2.75) is 12.1 Å². The number of nitrogens with one attached hydrogen (secondary N) is 4. The summed E-state index contributed by atoms with van der Waals surface area (Å²) < 4.78 is 0. The third-order valence-electron chi connectivity index (χ3n) is 5.69. The average Bonchev–Trinajstić information content (AvgIpc) is 2.93. The van der Waals surface area contributed by atoms with E-state index in [1.165, 1.54) is 12.1 Å². The van der Waals surface area contributed by atoms with E-state index in [0.717, 1.165) is 11.1 Å². The minimum absolute atomic E-state index is 0.0464. The fraction of sp³-hybridized carbons (Fsp3) is 0.0690. The molecule has 9 heteroatoms. The second-order valence-electron chi connectivity index (χ2n) is 8.37. The molecule has 0 radical (unpaired) electrons. The number of carboxylic acids is 1. The predicted molar refractivity (Wildman–Crippen MR) is 148 cm³/mol. The van der Waals surface area contributed by atoms with Gasteiger partial charge in [0.1, 0.15) is 0 Å². The molecule has 8 nitrogen and oxygen atoms in total.